The first-order valence-electron chi connectivity index (χ1n) is 6.28. The molecule has 2 rings (SSSR count). The Kier molecular flexibility index (Phi) is 5.40. The molecule has 1 aromatic carbocycles. The van der Waals surface area contributed by atoms with Crippen molar-refractivity contribution in [1.29, 1.82) is 0 Å². The van der Waals surface area contributed by atoms with Crippen molar-refractivity contribution in [3.63, 3.8) is 0 Å². The van der Waals surface area contributed by atoms with Gasteiger partial charge < -0.3 is 15.7 Å². The number of hydrogen-bond acceptors (Lipinski definition) is 7. The lowest BCUT2D eigenvalue weighted by molar-refractivity contribution is 0.318. The van der Waals surface area contributed by atoms with Crippen LogP contribution in [0.1, 0.15) is 23.9 Å². The second-order valence-electron chi connectivity index (χ2n) is 4.14. The standard InChI is InChI=1S/C13H16N4O2S2/c1-3-11-15-13(21-17-11)20-7-8-4-5-10(19-2)9(6-8)12(14)16-18/h4-6,18H,3,7H2,1-2H3,(H2,14,16). The summed E-state index contributed by atoms with van der Waals surface area (Å²) < 4.78 is 10.4. The number of aromatic nitrogens is 2. The highest BCUT2D eigenvalue weighted by Gasteiger charge is 2.10. The Morgan fingerprint density at radius 1 is 1.52 bits per heavy atom. The largest absolute Gasteiger partial charge is 0.496 e. The zero-order valence-electron chi connectivity index (χ0n) is 11.7. The molecule has 0 atom stereocenters. The highest BCUT2D eigenvalue weighted by molar-refractivity contribution is 8.00. The molecule has 112 valence electrons. The number of methoxy groups -OCH3 is 1. The van der Waals surface area contributed by atoms with Gasteiger partial charge in [-0.05, 0) is 29.2 Å². The maximum Gasteiger partial charge on any atom is 0.173 e. The van der Waals surface area contributed by atoms with Gasteiger partial charge in [-0.15, -0.1) is 0 Å². The topological polar surface area (TPSA) is 93.6 Å². The van der Waals surface area contributed by atoms with E-state index in [1.807, 2.05) is 19.1 Å². The van der Waals surface area contributed by atoms with Crippen molar-refractivity contribution in [2.75, 3.05) is 7.11 Å². The van der Waals surface area contributed by atoms with Gasteiger partial charge in [0.15, 0.2) is 10.2 Å². The predicted octanol–water partition coefficient (Wildman–Crippen LogP) is 2.50. The van der Waals surface area contributed by atoms with Crippen LogP contribution < -0.4 is 10.5 Å². The minimum absolute atomic E-state index is 0.0304. The minimum Gasteiger partial charge on any atom is -0.496 e. The van der Waals surface area contributed by atoms with Crippen LogP contribution in [0.5, 0.6) is 5.75 Å². The summed E-state index contributed by atoms with van der Waals surface area (Å²) >= 11 is 3.02. The molecule has 0 unspecified atom stereocenters. The van der Waals surface area contributed by atoms with E-state index in [1.165, 1.54) is 11.5 Å². The third kappa shape index (κ3) is 3.85. The van der Waals surface area contributed by atoms with Crippen LogP contribution in [-0.2, 0) is 12.2 Å². The molecule has 1 heterocycles. The van der Waals surface area contributed by atoms with Crippen molar-refractivity contribution in [2.45, 2.75) is 23.4 Å². The Morgan fingerprint density at radius 3 is 2.95 bits per heavy atom. The quantitative estimate of drug-likeness (QED) is 0.279. The van der Waals surface area contributed by atoms with Crippen molar-refractivity contribution in [1.82, 2.24) is 9.36 Å². The smallest absolute Gasteiger partial charge is 0.173 e. The molecule has 6 nitrogen and oxygen atoms in total. The van der Waals surface area contributed by atoms with Crippen LogP contribution in [0.3, 0.4) is 0 Å². The molecule has 0 aliphatic heterocycles. The summed E-state index contributed by atoms with van der Waals surface area (Å²) in [6.07, 6.45) is 0.841. The Balaban J connectivity index is 2.13. The highest BCUT2D eigenvalue weighted by Crippen LogP contribution is 2.27. The molecular weight excluding hydrogens is 308 g/mol. The van der Waals surface area contributed by atoms with Gasteiger partial charge >= 0.3 is 0 Å². The number of amidine groups is 1. The summed E-state index contributed by atoms with van der Waals surface area (Å²) in [5.74, 6) is 2.20. The molecule has 8 heteroatoms. The first kappa shape index (κ1) is 15.6. The Morgan fingerprint density at radius 2 is 2.33 bits per heavy atom. The number of benzene rings is 1. The summed E-state index contributed by atoms with van der Waals surface area (Å²) in [5.41, 5.74) is 7.27. The van der Waals surface area contributed by atoms with Crippen LogP contribution in [0.4, 0.5) is 0 Å². The maximum absolute atomic E-state index is 8.82. The van der Waals surface area contributed by atoms with Gasteiger partial charge in [0.05, 0.1) is 12.7 Å². The van der Waals surface area contributed by atoms with Crippen molar-refractivity contribution < 1.29 is 9.94 Å². The molecular formula is C13H16N4O2S2. The van der Waals surface area contributed by atoms with Crippen LogP contribution in [0.25, 0.3) is 0 Å². The molecule has 0 fully saturated rings. The summed E-state index contributed by atoms with van der Waals surface area (Å²) in [6.45, 7) is 2.03. The van der Waals surface area contributed by atoms with Gasteiger partial charge in [-0.3, -0.25) is 0 Å². The molecule has 1 aromatic heterocycles. The second-order valence-corrected chi connectivity index (χ2v) is 6.11. The Hall–Kier alpha value is -1.80. The van der Waals surface area contributed by atoms with E-state index in [2.05, 4.69) is 14.5 Å². The molecule has 0 bridgehead atoms. The van der Waals surface area contributed by atoms with Gasteiger partial charge in [-0.1, -0.05) is 29.9 Å². The van der Waals surface area contributed by atoms with Gasteiger partial charge in [-0.2, -0.15) is 4.37 Å². The number of nitrogens with zero attached hydrogens (tertiary/aromatic N) is 3. The lowest BCUT2D eigenvalue weighted by Gasteiger charge is -2.09. The molecule has 0 radical (unpaired) electrons. The molecule has 0 aliphatic rings. The first-order chi connectivity index (χ1) is 10.2. The SMILES string of the molecule is CCc1nsc(SCc2ccc(OC)c(/C(N)=N/O)c2)n1. The number of thioether (sulfide) groups is 1. The fraction of sp³-hybridized carbons (Fsp3) is 0.308. The van der Waals surface area contributed by atoms with E-state index in [0.29, 0.717) is 11.3 Å². The minimum atomic E-state index is 0.0304. The van der Waals surface area contributed by atoms with Crippen molar-refractivity contribution in [3.8, 4) is 5.75 Å². The second kappa shape index (κ2) is 7.28. The Labute approximate surface area is 131 Å². The number of ether oxygens (including phenoxy) is 1. The van der Waals surface area contributed by atoms with Crippen LogP contribution in [-0.4, -0.2) is 27.5 Å². The summed E-state index contributed by atoms with van der Waals surface area (Å²) in [7, 11) is 1.55. The van der Waals surface area contributed by atoms with E-state index in [4.69, 9.17) is 15.7 Å². The normalized spacial score (nSPS) is 11.6. The molecule has 0 saturated heterocycles. The van der Waals surface area contributed by atoms with Crippen LogP contribution in [0, 0.1) is 0 Å². The first-order valence-corrected chi connectivity index (χ1v) is 8.04. The molecule has 0 aliphatic carbocycles. The van der Waals surface area contributed by atoms with Gasteiger partial charge in [-0.25, -0.2) is 4.98 Å². The zero-order chi connectivity index (χ0) is 15.2. The van der Waals surface area contributed by atoms with Gasteiger partial charge in [0.25, 0.3) is 0 Å². The van der Waals surface area contributed by atoms with Crippen LogP contribution >= 0.6 is 23.3 Å². The number of oxime groups is 1. The van der Waals surface area contributed by atoms with Crippen LogP contribution in [0.15, 0.2) is 27.7 Å². The van der Waals surface area contributed by atoms with Gasteiger partial charge in [0.2, 0.25) is 0 Å². The van der Waals surface area contributed by atoms with Gasteiger partial charge in [0.1, 0.15) is 11.6 Å². The number of nitrogens with two attached hydrogens (primary N) is 1. The van der Waals surface area contributed by atoms with E-state index in [0.717, 1.165) is 27.9 Å². The summed E-state index contributed by atoms with van der Waals surface area (Å²) in [6, 6.07) is 5.60. The fourth-order valence-electron chi connectivity index (χ4n) is 1.68. The van der Waals surface area contributed by atoms with E-state index >= 15 is 0 Å². The molecule has 0 saturated carbocycles. The third-order valence-corrected chi connectivity index (χ3v) is 4.72. The zero-order valence-corrected chi connectivity index (χ0v) is 13.4. The lowest BCUT2D eigenvalue weighted by Crippen LogP contribution is -2.14. The van der Waals surface area contributed by atoms with Crippen molar-refractivity contribution in [3.05, 3.63) is 35.2 Å². The van der Waals surface area contributed by atoms with E-state index < -0.39 is 0 Å². The summed E-state index contributed by atoms with van der Waals surface area (Å²) in [5, 5.41) is 11.9. The number of rotatable bonds is 6. The number of hydrogen-bond donors (Lipinski definition) is 2. The molecule has 21 heavy (non-hydrogen) atoms. The van der Waals surface area contributed by atoms with E-state index in [9.17, 15) is 0 Å². The average molecular weight is 324 g/mol. The molecule has 3 N–H and O–H groups in total. The molecule has 2 aromatic rings. The van der Waals surface area contributed by atoms with Crippen LogP contribution in [0.2, 0.25) is 0 Å². The van der Waals surface area contributed by atoms with Gasteiger partial charge in [0, 0.05) is 12.2 Å². The van der Waals surface area contributed by atoms with Crippen molar-refractivity contribution >= 4 is 29.1 Å². The lowest BCUT2D eigenvalue weighted by atomic mass is 10.1. The van der Waals surface area contributed by atoms with E-state index in [1.54, 1.807) is 24.9 Å². The summed E-state index contributed by atoms with van der Waals surface area (Å²) in [4.78, 5) is 4.41. The fourth-order valence-corrected chi connectivity index (χ4v) is 3.32. The molecule has 0 spiro atoms. The third-order valence-electron chi connectivity index (χ3n) is 2.78. The maximum atomic E-state index is 8.82. The molecule has 0 amide bonds. The average Bonchev–Trinajstić information content (AvgIpc) is 3.00. The number of aryl methyl sites for hydroxylation is 1. The predicted molar refractivity (Wildman–Crippen MR) is 84.4 cm³/mol. The van der Waals surface area contributed by atoms with E-state index in [-0.39, 0.29) is 5.84 Å². The highest BCUT2D eigenvalue weighted by atomic mass is 32.2. The monoisotopic (exact) mass is 324 g/mol. The Bertz CT molecular complexity index is 643. The van der Waals surface area contributed by atoms with Crippen molar-refractivity contribution in [2.24, 2.45) is 10.9 Å².